The summed E-state index contributed by atoms with van der Waals surface area (Å²) in [6.07, 6.45) is 0. The molecule has 11 heteroatoms. The zero-order valence-corrected chi connectivity index (χ0v) is 21.6. The maximum absolute atomic E-state index is 12.8. The molecule has 1 aromatic rings. The number of hydrogen-bond donors (Lipinski definition) is 1. The molecule has 0 saturated heterocycles. The van der Waals surface area contributed by atoms with E-state index in [1.807, 2.05) is 27.7 Å². The molecule has 1 aliphatic rings. The lowest BCUT2D eigenvalue weighted by Gasteiger charge is -2.33. The van der Waals surface area contributed by atoms with Gasteiger partial charge in [-0.05, 0) is 70.0 Å². The Morgan fingerprint density at radius 1 is 1.17 bits per heavy atom. The third-order valence-electron chi connectivity index (χ3n) is 5.73. The molecule has 2 atom stereocenters. The highest BCUT2D eigenvalue weighted by Gasteiger charge is 2.58. The molecule has 1 N–H and O–H groups in total. The van der Waals surface area contributed by atoms with Crippen molar-refractivity contribution >= 4 is 34.5 Å². The zero-order valence-electron chi connectivity index (χ0n) is 18.6. The second-order valence-corrected chi connectivity index (χ2v) is 12.4. The second kappa shape index (κ2) is 9.73. The molecule has 164 valence electrons. The number of rotatable bonds is 10. The summed E-state index contributed by atoms with van der Waals surface area (Å²) >= 11 is 0. The van der Waals surface area contributed by atoms with Crippen molar-refractivity contribution in [2.75, 3.05) is 6.61 Å². The lowest BCUT2D eigenvalue weighted by atomic mass is 9.84. The van der Waals surface area contributed by atoms with Crippen LogP contribution in [-0.4, -0.2) is 67.2 Å². The molecule has 0 spiro atoms. The van der Waals surface area contributed by atoms with Crippen molar-refractivity contribution in [3.8, 4) is 5.75 Å². The summed E-state index contributed by atoms with van der Waals surface area (Å²) < 4.78 is 29.3. The van der Waals surface area contributed by atoms with Crippen molar-refractivity contribution in [1.82, 2.24) is 5.06 Å². The third kappa shape index (κ3) is 5.02. The van der Waals surface area contributed by atoms with E-state index in [1.165, 1.54) is 0 Å². The van der Waals surface area contributed by atoms with Crippen LogP contribution in [0, 0.1) is 5.21 Å². The van der Waals surface area contributed by atoms with Gasteiger partial charge >= 0.3 is 24.8 Å². The van der Waals surface area contributed by atoms with E-state index in [9.17, 15) is 14.9 Å². The van der Waals surface area contributed by atoms with E-state index in [-0.39, 0.29) is 21.1 Å². The largest absolute Gasteiger partial charge is 0.757 e. The van der Waals surface area contributed by atoms with Gasteiger partial charge in [-0.3, -0.25) is 9.20 Å². The highest BCUT2D eigenvalue weighted by atomic mass is 28.3. The fourth-order valence-electron chi connectivity index (χ4n) is 2.71. The number of nitrogens with zero attached hydrogens (tertiary/aromatic N) is 2. The van der Waals surface area contributed by atoms with Gasteiger partial charge in [-0.2, -0.15) is 0 Å². The van der Waals surface area contributed by atoms with Crippen LogP contribution in [0.2, 0.25) is 11.1 Å². The van der Waals surface area contributed by atoms with Crippen molar-refractivity contribution in [3.05, 3.63) is 35.0 Å². The summed E-state index contributed by atoms with van der Waals surface area (Å²) in [4.78, 5) is 0. The maximum atomic E-state index is 12.8. The minimum Gasteiger partial charge on any atom is -0.714 e. The van der Waals surface area contributed by atoms with Crippen molar-refractivity contribution < 1.29 is 27.4 Å². The van der Waals surface area contributed by atoms with E-state index in [2.05, 4.69) is 6.92 Å². The highest BCUT2D eigenvalue weighted by molar-refractivity contribution is 6.46. The topological polar surface area (TPSA) is 94.3 Å². The Balaban J connectivity index is 1.98. The van der Waals surface area contributed by atoms with Crippen molar-refractivity contribution in [1.29, 1.82) is 0 Å². The van der Waals surface area contributed by atoms with Crippen LogP contribution in [0.3, 0.4) is 0 Å². The average molecular weight is 467 g/mol. The minimum absolute atomic E-state index is 0.0547. The standard InChI is InChI=1S/C19H30N2O6Si3/c1-8-25-28-13(2)14(3)29-27-30(24)26-16-11-9-15(10-12-16)17-20(22)18(4,5)19(6,7)21(17)23/h9-14,22H,8H2,1-7H3. The summed E-state index contributed by atoms with van der Waals surface area (Å²) in [6.45, 7) is 14.0. The summed E-state index contributed by atoms with van der Waals surface area (Å²) in [7, 11) is -2.25. The van der Waals surface area contributed by atoms with E-state index < -0.39 is 20.2 Å². The first-order valence-corrected chi connectivity index (χ1v) is 13.1. The first-order chi connectivity index (χ1) is 13.9. The van der Waals surface area contributed by atoms with Gasteiger partial charge in [0.25, 0.3) is 0 Å². The van der Waals surface area contributed by atoms with Gasteiger partial charge in [-0.15, -0.1) is 5.06 Å². The molecule has 0 fully saturated rings. The van der Waals surface area contributed by atoms with E-state index in [0.717, 1.165) is 9.80 Å². The summed E-state index contributed by atoms with van der Waals surface area (Å²) in [6, 6.07) is 6.53. The molecule has 2 rings (SSSR count). The molecule has 0 aromatic heterocycles. The molecule has 0 amide bonds. The Bertz CT molecular complexity index is 785. The van der Waals surface area contributed by atoms with Crippen molar-refractivity contribution in [2.24, 2.45) is 0 Å². The zero-order chi connectivity index (χ0) is 22.7. The molecule has 1 aliphatic heterocycles. The molecule has 8 nitrogen and oxygen atoms in total. The molecule has 1 aromatic carbocycles. The Labute approximate surface area is 185 Å². The van der Waals surface area contributed by atoms with Crippen LogP contribution in [0.25, 0.3) is 0 Å². The Morgan fingerprint density at radius 2 is 1.73 bits per heavy atom. The van der Waals surface area contributed by atoms with Crippen molar-refractivity contribution in [2.45, 2.75) is 70.6 Å². The predicted octanol–water partition coefficient (Wildman–Crippen LogP) is 2.91. The molecular weight excluding hydrogens is 436 g/mol. The number of amidine groups is 1. The summed E-state index contributed by atoms with van der Waals surface area (Å²) in [5.74, 6) is 0.545. The Kier molecular flexibility index (Phi) is 8.02. The van der Waals surface area contributed by atoms with Gasteiger partial charge in [0.05, 0.1) is 5.56 Å². The van der Waals surface area contributed by atoms with E-state index in [0.29, 0.717) is 33.2 Å². The van der Waals surface area contributed by atoms with Gasteiger partial charge in [-0.25, -0.2) is 5.21 Å². The van der Waals surface area contributed by atoms with Crippen molar-refractivity contribution in [3.63, 3.8) is 0 Å². The smallest absolute Gasteiger partial charge is 0.714 e. The Hall–Kier alpha value is -1.54. The van der Waals surface area contributed by atoms with Gasteiger partial charge in [0.2, 0.25) is 9.76 Å². The second-order valence-electron chi connectivity index (χ2n) is 8.27. The monoisotopic (exact) mass is 466 g/mol. The highest BCUT2D eigenvalue weighted by Crippen LogP contribution is 2.37. The first-order valence-electron chi connectivity index (χ1n) is 9.88. The van der Waals surface area contributed by atoms with Gasteiger partial charge < -0.3 is 18.2 Å². The molecule has 30 heavy (non-hydrogen) atoms. The van der Waals surface area contributed by atoms with Crippen LogP contribution < -0.4 is 4.43 Å². The van der Waals surface area contributed by atoms with E-state index >= 15 is 0 Å². The lowest BCUT2D eigenvalue weighted by Crippen LogP contribution is -2.53. The molecule has 0 bridgehead atoms. The number of hydroxylamine groups is 3. The number of benzene rings is 1. The predicted molar refractivity (Wildman–Crippen MR) is 116 cm³/mol. The van der Waals surface area contributed by atoms with Crippen LogP contribution in [-0.2, 0) is 13.0 Å². The lowest BCUT2D eigenvalue weighted by molar-refractivity contribution is -0.539. The van der Waals surface area contributed by atoms with Gasteiger partial charge in [-0.1, -0.05) is 13.8 Å². The fraction of sp³-hybridized carbons (Fsp3) is 0.632. The first kappa shape index (κ1) is 24.7. The quantitative estimate of drug-likeness (QED) is 0.322. The van der Waals surface area contributed by atoms with Crippen LogP contribution in [0.4, 0.5) is 0 Å². The fourth-order valence-corrected chi connectivity index (χ4v) is 5.58. The van der Waals surface area contributed by atoms with Gasteiger partial charge in [0.15, 0.2) is 5.54 Å². The normalized spacial score (nSPS) is 19.5. The van der Waals surface area contributed by atoms with Crippen LogP contribution in [0.5, 0.6) is 5.75 Å². The summed E-state index contributed by atoms with van der Waals surface area (Å²) in [5.41, 5.74) is -0.497. The molecule has 4 radical (unpaired) electrons. The van der Waals surface area contributed by atoms with E-state index in [1.54, 1.807) is 38.1 Å². The SMILES string of the molecule is CCO[Si]C(C)C(C)[Si]O[Si](=O)Oc1ccc(C2=[N+]([O-])C(C)(C)C(C)(C)N2O)cc1. The third-order valence-corrected chi connectivity index (χ3v) is 9.81. The minimum atomic E-state index is -2.69. The Morgan fingerprint density at radius 3 is 2.23 bits per heavy atom. The van der Waals surface area contributed by atoms with Gasteiger partial charge in [0, 0.05) is 6.61 Å². The molecule has 1 heterocycles. The van der Waals surface area contributed by atoms with Crippen LogP contribution in [0.1, 0.15) is 54.0 Å². The molecule has 0 saturated carbocycles. The number of hydrogen-bond acceptors (Lipinski definition) is 7. The van der Waals surface area contributed by atoms with Gasteiger partial charge in [0.1, 0.15) is 11.3 Å². The molecule has 0 aliphatic carbocycles. The maximum Gasteiger partial charge on any atom is 0.757 e. The van der Waals surface area contributed by atoms with E-state index in [4.69, 9.17) is 13.0 Å². The van der Waals surface area contributed by atoms with Crippen LogP contribution >= 0.6 is 0 Å². The molecular formula is C19H30N2O6Si3. The summed E-state index contributed by atoms with van der Waals surface area (Å²) in [5, 5.41) is 24.3. The average Bonchev–Trinajstić information content (AvgIpc) is 2.81. The van der Waals surface area contributed by atoms with Crippen LogP contribution in [0.15, 0.2) is 24.3 Å². The molecule has 2 unspecified atom stereocenters.